The predicted octanol–water partition coefficient (Wildman–Crippen LogP) is 4.79. The molecule has 2 aromatic carbocycles. The van der Waals surface area contributed by atoms with Gasteiger partial charge in [0.15, 0.2) is 0 Å². The van der Waals surface area contributed by atoms with Crippen molar-refractivity contribution in [2.75, 3.05) is 6.54 Å². The largest absolute Gasteiger partial charge is 0.356 e. The first-order valence-electron chi connectivity index (χ1n) is 8.63. The quantitative estimate of drug-likeness (QED) is 0.807. The summed E-state index contributed by atoms with van der Waals surface area (Å²) in [7, 11) is 0. The molecule has 4 atom stereocenters. The Hall–Kier alpha value is -1.61. The van der Waals surface area contributed by atoms with Gasteiger partial charge >= 0.3 is 0 Å². The summed E-state index contributed by atoms with van der Waals surface area (Å²) in [5.41, 5.74) is 2.48. The standard InChI is InChI=1S/C21H24BrNO/c1-14-13-23-21(24)19(12-16-8-10-18(22)11-9-16)20(15(14)2)17-6-4-3-5-7-17/h3-11,14-15,19-20H,12-13H2,1-2H3,(H,23,24)/t14?,15-,19-,20-/m1/s1. The minimum absolute atomic E-state index is 0.0338. The van der Waals surface area contributed by atoms with Gasteiger partial charge in [-0.1, -0.05) is 72.2 Å². The van der Waals surface area contributed by atoms with Gasteiger partial charge in [0.25, 0.3) is 0 Å². The second-order valence-electron chi connectivity index (χ2n) is 6.96. The molecule has 0 bridgehead atoms. The van der Waals surface area contributed by atoms with Crippen LogP contribution in [0.15, 0.2) is 59.1 Å². The number of carbonyl (C=O) groups excluding carboxylic acids is 1. The number of hydrogen-bond acceptors (Lipinski definition) is 1. The molecule has 0 aliphatic carbocycles. The molecule has 1 saturated heterocycles. The smallest absolute Gasteiger partial charge is 0.224 e. The molecule has 24 heavy (non-hydrogen) atoms. The number of benzene rings is 2. The van der Waals surface area contributed by atoms with Gasteiger partial charge in [0.05, 0.1) is 0 Å². The van der Waals surface area contributed by atoms with Gasteiger partial charge in [-0.3, -0.25) is 4.79 Å². The van der Waals surface area contributed by atoms with Crippen LogP contribution in [0.3, 0.4) is 0 Å². The topological polar surface area (TPSA) is 29.1 Å². The first-order chi connectivity index (χ1) is 11.6. The van der Waals surface area contributed by atoms with E-state index in [1.165, 1.54) is 11.1 Å². The van der Waals surface area contributed by atoms with Gasteiger partial charge in [-0.25, -0.2) is 0 Å². The first-order valence-corrected chi connectivity index (χ1v) is 9.42. The molecule has 2 aromatic rings. The Labute approximate surface area is 152 Å². The SMILES string of the molecule is CC1CNC(=O)[C@H](Cc2ccc(Br)cc2)[C@@H](c2ccccc2)[C@@H]1C. The van der Waals surface area contributed by atoms with E-state index in [9.17, 15) is 4.79 Å². The van der Waals surface area contributed by atoms with Crippen molar-refractivity contribution >= 4 is 21.8 Å². The van der Waals surface area contributed by atoms with E-state index in [1.54, 1.807) is 0 Å². The number of hydrogen-bond donors (Lipinski definition) is 1. The molecule has 0 saturated carbocycles. The lowest BCUT2D eigenvalue weighted by Gasteiger charge is -2.31. The summed E-state index contributed by atoms with van der Waals surface area (Å²) in [5, 5.41) is 3.16. The number of rotatable bonds is 3. The molecule has 2 nitrogen and oxygen atoms in total. The summed E-state index contributed by atoms with van der Waals surface area (Å²) < 4.78 is 1.07. The Morgan fingerprint density at radius 3 is 2.38 bits per heavy atom. The molecular weight excluding hydrogens is 362 g/mol. The highest BCUT2D eigenvalue weighted by Crippen LogP contribution is 2.39. The number of nitrogens with one attached hydrogen (secondary N) is 1. The van der Waals surface area contributed by atoms with Crippen LogP contribution in [0.5, 0.6) is 0 Å². The van der Waals surface area contributed by atoms with Gasteiger partial charge in [0, 0.05) is 16.9 Å². The number of amides is 1. The van der Waals surface area contributed by atoms with Crippen molar-refractivity contribution in [3.8, 4) is 0 Å². The van der Waals surface area contributed by atoms with Crippen molar-refractivity contribution in [1.82, 2.24) is 5.32 Å². The Balaban J connectivity index is 1.97. The second kappa shape index (κ2) is 7.52. The first kappa shape index (κ1) is 17.2. The Kier molecular flexibility index (Phi) is 5.40. The van der Waals surface area contributed by atoms with Crippen LogP contribution in [0.4, 0.5) is 0 Å². The molecule has 3 rings (SSSR count). The highest BCUT2D eigenvalue weighted by atomic mass is 79.9. The second-order valence-corrected chi connectivity index (χ2v) is 7.87. The van der Waals surface area contributed by atoms with Crippen LogP contribution in [-0.2, 0) is 11.2 Å². The molecule has 1 fully saturated rings. The van der Waals surface area contributed by atoms with Crippen molar-refractivity contribution in [3.05, 3.63) is 70.2 Å². The Morgan fingerprint density at radius 1 is 1.04 bits per heavy atom. The van der Waals surface area contributed by atoms with E-state index in [0.717, 1.165) is 17.4 Å². The lowest BCUT2D eigenvalue weighted by atomic mass is 9.72. The van der Waals surface area contributed by atoms with Crippen LogP contribution in [0.25, 0.3) is 0 Å². The highest BCUT2D eigenvalue weighted by molar-refractivity contribution is 9.10. The van der Waals surface area contributed by atoms with Gasteiger partial charge in [-0.15, -0.1) is 0 Å². The number of halogens is 1. The van der Waals surface area contributed by atoms with Crippen molar-refractivity contribution < 1.29 is 4.79 Å². The van der Waals surface area contributed by atoms with Gasteiger partial charge in [-0.2, -0.15) is 0 Å². The molecule has 1 unspecified atom stereocenters. The lowest BCUT2D eigenvalue weighted by molar-refractivity contribution is -0.125. The van der Waals surface area contributed by atoms with E-state index < -0.39 is 0 Å². The van der Waals surface area contributed by atoms with Crippen LogP contribution in [0, 0.1) is 17.8 Å². The molecule has 1 N–H and O–H groups in total. The van der Waals surface area contributed by atoms with Crippen molar-refractivity contribution in [3.63, 3.8) is 0 Å². The molecule has 1 amide bonds. The van der Waals surface area contributed by atoms with Crippen LogP contribution >= 0.6 is 15.9 Å². The van der Waals surface area contributed by atoms with E-state index in [1.807, 2.05) is 18.2 Å². The zero-order valence-electron chi connectivity index (χ0n) is 14.2. The average molecular weight is 386 g/mol. The molecule has 1 aliphatic rings. The third-order valence-corrected chi connectivity index (χ3v) is 5.91. The summed E-state index contributed by atoms with van der Waals surface area (Å²) >= 11 is 3.48. The summed E-state index contributed by atoms with van der Waals surface area (Å²) in [5.74, 6) is 1.31. The van der Waals surface area contributed by atoms with Gasteiger partial charge < -0.3 is 5.32 Å². The molecule has 0 aromatic heterocycles. The lowest BCUT2D eigenvalue weighted by Crippen LogP contribution is -2.33. The fraction of sp³-hybridized carbons (Fsp3) is 0.381. The molecule has 3 heteroatoms. The fourth-order valence-electron chi connectivity index (χ4n) is 3.77. The van der Waals surface area contributed by atoms with E-state index in [-0.39, 0.29) is 17.7 Å². The Morgan fingerprint density at radius 2 is 1.71 bits per heavy atom. The highest BCUT2D eigenvalue weighted by Gasteiger charge is 2.38. The van der Waals surface area contributed by atoms with E-state index in [0.29, 0.717) is 11.8 Å². The van der Waals surface area contributed by atoms with Crippen LogP contribution in [0.1, 0.15) is 30.9 Å². The molecule has 0 spiro atoms. The van der Waals surface area contributed by atoms with Gasteiger partial charge in [0.2, 0.25) is 5.91 Å². The average Bonchev–Trinajstić information content (AvgIpc) is 2.70. The van der Waals surface area contributed by atoms with Gasteiger partial charge in [-0.05, 0) is 47.4 Å². The predicted molar refractivity (Wildman–Crippen MR) is 102 cm³/mol. The van der Waals surface area contributed by atoms with E-state index >= 15 is 0 Å². The van der Waals surface area contributed by atoms with Crippen molar-refractivity contribution in [2.45, 2.75) is 26.2 Å². The third-order valence-electron chi connectivity index (χ3n) is 5.39. The van der Waals surface area contributed by atoms with Crippen LogP contribution < -0.4 is 5.32 Å². The van der Waals surface area contributed by atoms with Crippen molar-refractivity contribution in [2.24, 2.45) is 17.8 Å². The minimum atomic E-state index is -0.0338. The summed E-state index contributed by atoms with van der Waals surface area (Å²) in [6.07, 6.45) is 0.774. The molecule has 1 heterocycles. The monoisotopic (exact) mass is 385 g/mol. The maximum atomic E-state index is 12.8. The van der Waals surface area contributed by atoms with Gasteiger partial charge in [0.1, 0.15) is 0 Å². The van der Waals surface area contributed by atoms with Crippen molar-refractivity contribution in [1.29, 1.82) is 0 Å². The Bertz CT molecular complexity index is 683. The van der Waals surface area contributed by atoms with Crippen LogP contribution in [0.2, 0.25) is 0 Å². The zero-order chi connectivity index (χ0) is 17.1. The summed E-state index contributed by atoms with van der Waals surface area (Å²) in [6.45, 7) is 5.29. The van der Waals surface area contributed by atoms with E-state index in [2.05, 4.69) is 71.5 Å². The third kappa shape index (κ3) is 3.72. The van der Waals surface area contributed by atoms with E-state index in [4.69, 9.17) is 0 Å². The summed E-state index contributed by atoms with van der Waals surface area (Å²) in [6, 6.07) is 18.8. The maximum Gasteiger partial charge on any atom is 0.224 e. The minimum Gasteiger partial charge on any atom is -0.356 e. The molecule has 1 aliphatic heterocycles. The number of carbonyl (C=O) groups is 1. The summed E-state index contributed by atoms with van der Waals surface area (Å²) in [4.78, 5) is 12.8. The molecular formula is C21H24BrNO. The zero-order valence-corrected chi connectivity index (χ0v) is 15.8. The molecule has 0 radical (unpaired) electrons. The van der Waals surface area contributed by atoms with Crippen LogP contribution in [-0.4, -0.2) is 12.5 Å². The normalized spacial score (nSPS) is 27.4. The maximum absolute atomic E-state index is 12.8. The molecule has 126 valence electrons. The fourth-order valence-corrected chi connectivity index (χ4v) is 4.03.